The van der Waals surface area contributed by atoms with Gasteiger partial charge in [0.25, 0.3) is 0 Å². The highest BCUT2D eigenvalue weighted by Crippen LogP contribution is 2.31. The van der Waals surface area contributed by atoms with Gasteiger partial charge in [0.05, 0.1) is 25.4 Å². The summed E-state index contributed by atoms with van der Waals surface area (Å²) in [5.74, 6) is 0.0412. The van der Waals surface area contributed by atoms with E-state index in [9.17, 15) is 9.90 Å². The van der Waals surface area contributed by atoms with E-state index in [1.807, 2.05) is 29.7 Å². The molecular formula is C14H17NO4. The highest BCUT2D eigenvalue weighted by molar-refractivity contribution is 5.89. The van der Waals surface area contributed by atoms with E-state index in [1.165, 1.54) is 7.11 Å². The summed E-state index contributed by atoms with van der Waals surface area (Å²) in [4.78, 5) is 11.5. The number of hydrogen-bond acceptors (Lipinski definition) is 4. The van der Waals surface area contributed by atoms with Crippen molar-refractivity contribution < 1.29 is 19.4 Å². The van der Waals surface area contributed by atoms with Gasteiger partial charge in [0.2, 0.25) is 0 Å². The van der Waals surface area contributed by atoms with Crippen molar-refractivity contribution in [1.29, 1.82) is 0 Å². The molecular weight excluding hydrogens is 246 g/mol. The number of aliphatic hydroxyl groups is 1. The minimum atomic E-state index is -1.29. The van der Waals surface area contributed by atoms with E-state index in [0.29, 0.717) is 18.0 Å². The number of aliphatic hydroxyl groups excluding tert-OH is 1. The number of benzene rings is 1. The van der Waals surface area contributed by atoms with Gasteiger partial charge in [-0.2, -0.15) is 0 Å². The van der Waals surface area contributed by atoms with Gasteiger partial charge in [-0.3, -0.25) is 0 Å². The standard InChI is InChI=1S/C14H17NO4/c1-4-15-10-6-5-7-12(18-2)9(10)8-11(15)13(16)14(17)19-3/h5-8,13,16H,4H2,1-3H3. The first kappa shape index (κ1) is 13.4. The van der Waals surface area contributed by atoms with Crippen molar-refractivity contribution in [2.24, 2.45) is 0 Å². The zero-order chi connectivity index (χ0) is 14.0. The second-order valence-electron chi connectivity index (χ2n) is 4.13. The molecule has 0 bridgehead atoms. The Labute approximate surface area is 111 Å². The molecule has 5 heteroatoms. The molecule has 0 saturated carbocycles. The van der Waals surface area contributed by atoms with E-state index < -0.39 is 12.1 Å². The normalized spacial score (nSPS) is 12.4. The third kappa shape index (κ3) is 2.17. The second-order valence-corrected chi connectivity index (χ2v) is 4.13. The Morgan fingerprint density at radius 1 is 1.42 bits per heavy atom. The first-order valence-corrected chi connectivity index (χ1v) is 6.06. The number of esters is 1. The molecule has 19 heavy (non-hydrogen) atoms. The third-order valence-corrected chi connectivity index (χ3v) is 3.18. The number of carbonyl (C=O) groups excluding carboxylic acids is 1. The van der Waals surface area contributed by atoms with Crippen LogP contribution < -0.4 is 4.74 Å². The second kappa shape index (κ2) is 5.32. The Morgan fingerprint density at radius 3 is 2.74 bits per heavy atom. The first-order chi connectivity index (χ1) is 9.13. The predicted octanol–water partition coefficient (Wildman–Crippen LogP) is 1.88. The number of nitrogens with zero attached hydrogens (tertiary/aromatic N) is 1. The lowest BCUT2D eigenvalue weighted by molar-refractivity contribution is -0.151. The van der Waals surface area contributed by atoms with Crippen LogP contribution in [0.3, 0.4) is 0 Å². The lowest BCUT2D eigenvalue weighted by Gasteiger charge is -2.12. The summed E-state index contributed by atoms with van der Waals surface area (Å²) in [5.41, 5.74) is 1.42. The van der Waals surface area contributed by atoms with Gasteiger partial charge in [0.1, 0.15) is 5.75 Å². The fourth-order valence-corrected chi connectivity index (χ4v) is 2.27. The van der Waals surface area contributed by atoms with Gasteiger partial charge in [-0.25, -0.2) is 4.79 Å². The summed E-state index contributed by atoms with van der Waals surface area (Å²) >= 11 is 0. The molecule has 1 N–H and O–H groups in total. The number of aryl methyl sites for hydroxylation is 1. The Morgan fingerprint density at radius 2 is 2.16 bits per heavy atom. The molecule has 1 atom stereocenters. The van der Waals surface area contributed by atoms with E-state index in [2.05, 4.69) is 4.74 Å². The molecule has 1 aromatic heterocycles. The van der Waals surface area contributed by atoms with E-state index >= 15 is 0 Å². The van der Waals surface area contributed by atoms with Crippen LogP contribution in [-0.2, 0) is 16.1 Å². The fraction of sp³-hybridized carbons (Fsp3) is 0.357. The maximum atomic E-state index is 11.5. The number of methoxy groups -OCH3 is 2. The minimum Gasteiger partial charge on any atom is -0.496 e. The molecule has 2 aromatic rings. The highest BCUT2D eigenvalue weighted by Gasteiger charge is 2.23. The van der Waals surface area contributed by atoms with Gasteiger partial charge in [0.15, 0.2) is 6.10 Å². The number of ether oxygens (including phenoxy) is 2. The van der Waals surface area contributed by atoms with Crippen LogP contribution in [0.5, 0.6) is 5.75 Å². The minimum absolute atomic E-state index is 0.508. The highest BCUT2D eigenvalue weighted by atomic mass is 16.5. The van der Waals surface area contributed by atoms with Crippen LogP contribution in [0.4, 0.5) is 0 Å². The Hall–Kier alpha value is -2.01. The van der Waals surface area contributed by atoms with Crippen molar-refractivity contribution in [3.8, 4) is 5.75 Å². The molecule has 0 amide bonds. The molecule has 1 heterocycles. The zero-order valence-electron chi connectivity index (χ0n) is 11.2. The molecule has 0 radical (unpaired) electrons. The van der Waals surface area contributed by atoms with Gasteiger partial charge in [-0.1, -0.05) is 6.07 Å². The number of hydrogen-bond donors (Lipinski definition) is 1. The number of carbonyl (C=O) groups is 1. The largest absolute Gasteiger partial charge is 0.496 e. The molecule has 0 aliphatic rings. The predicted molar refractivity (Wildman–Crippen MR) is 71.1 cm³/mol. The molecule has 1 unspecified atom stereocenters. The maximum absolute atomic E-state index is 11.5. The Balaban J connectivity index is 2.65. The number of aromatic nitrogens is 1. The summed E-state index contributed by atoms with van der Waals surface area (Å²) in [6.45, 7) is 2.59. The van der Waals surface area contributed by atoms with Crippen LogP contribution in [-0.4, -0.2) is 29.9 Å². The average molecular weight is 263 g/mol. The third-order valence-electron chi connectivity index (χ3n) is 3.18. The van der Waals surface area contributed by atoms with E-state index in [4.69, 9.17) is 4.74 Å². The van der Waals surface area contributed by atoms with Gasteiger partial charge in [-0.15, -0.1) is 0 Å². The van der Waals surface area contributed by atoms with Crippen molar-refractivity contribution in [2.75, 3.05) is 14.2 Å². The van der Waals surface area contributed by atoms with Crippen LogP contribution in [0, 0.1) is 0 Å². The van der Waals surface area contributed by atoms with E-state index in [1.54, 1.807) is 13.2 Å². The van der Waals surface area contributed by atoms with Crippen LogP contribution in [0.2, 0.25) is 0 Å². The first-order valence-electron chi connectivity index (χ1n) is 6.06. The van der Waals surface area contributed by atoms with Crippen LogP contribution >= 0.6 is 0 Å². The van der Waals surface area contributed by atoms with Gasteiger partial charge < -0.3 is 19.1 Å². The van der Waals surface area contributed by atoms with Gasteiger partial charge in [-0.05, 0) is 25.1 Å². The summed E-state index contributed by atoms with van der Waals surface area (Å²) in [5, 5.41) is 10.9. The quantitative estimate of drug-likeness (QED) is 0.855. The fourth-order valence-electron chi connectivity index (χ4n) is 2.27. The topological polar surface area (TPSA) is 60.7 Å². The van der Waals surface area contributed by atoms with Gasteiger partial charge in [0, 0.05) is 11.9 Å². The van der Waals surface area contributed by atoms with Crippen LogP contribution in [0.25, 0.3) is 10.9 Å². The molecule has 0 spiro atoms. The molecule has 5 nitrogen and oxygen atoms in total. The van der Waals surface area contributed by atoms with Crippen LogP contribution in [0.15, 0.2) is 24.3 Å². The molecule has 1 aromatic carbocycles. The van der Waals surface area contributed by atoms with Crippen molar-refractivity contribution >= 4 is 16.9 Å². The van der Waals surface area contributed by atoms with E-state index in [-0.39, 0.29) is 0 Å². The van der Waals surface area contributed by atoms with Crippen molar-refractivity contribution in [2.45, 2.75) is 19.6 Å². The molecule has 0 fully saturated rings. The molecule has 0 aliphatic heterocycles. The van der Waals surface area contributed by atoms with Crippen molar-refractivity contribution in [1.82, 2.24) is 4.57 Å². The van der Waals surface area contributed by atoms with Gasteiger partial charge >= 0.3 is 5.97 Å². The Bertz CT molecular complexity index is 603. The maximum Gasteiger partial charge on any atom is 0.340 e. The Kier molecular flexibility index (Phi) is 3.76. The number of rotatable bonds is 4. The van der Waals surface area contributed by atoms with Crippen molar-refractivity contribution in [3.63, 3.8) is 0 Å². The number of fused-ring (bicyclic) bond motifs is 1. The molecule has 102 valence electrons. The lowest BCUT2D eigenvalue weighted by Crippen LogP contribution is -2.17. The smallest absolute Gasteiger partial charge is 0.340 e. The van der Waals surface area contributed by atoms with Crippen LogP contribution in [0.1, 0.15) is 18.7 Å². The molecule has 0 aliphatic carbocycles. The summed E-state index contributed by atoms with van der Waals surface area (Å²) in [6, 6.07) is 7.41. The zero-order valence-corrected chi connectivity index (χ0v) is 11.2. The molecule has 2 rings (SSSR count). The lowest BCUT2D eigenvalue weighted by atomic mass is 10.2. The summed E-state index contributed by atoms with van der Waals surface area (Å²) < 4.78 is 11.8. The summed E-state index contributed by atoms with van der Waals surface area (Å²) in [6.07, 6.45) is -1.29. The SMILES string of the molecule is CCn1c(C(O)C(=O)OC)cc2c(OC)cccc21. The molecule has 0 saturated heterocycles. The summed E-state index contributed by atoms with van der Waals surface area (Å²) in [7, 11) is 2.85. The monoisotopic (exact) mass is 263 g/mol. The average Bonchev–Trinajstić information content (AvgIpc) is 2.83. The van der Waals surface area contributed by atoms with E-state index in [0.717, 1.165) is 10.9 Å². The van der Waals surface area contributed by atoms with Crippen molar-refractivity contribution in [3.05, 3.63) is 30.0 Å².